The summed E-state index contributed by atoms with van der Waals surface area (Å²) >= 11 is 0. The molecule has 0 aromatic heterocycles. The van der Waals surface area contributed by atoms with Gasteiger partial charge >= 0.3 is 7.57 Å². The first-order valence-electron chi connectivity index (χ1n) is 7.58. The highest BCUT2D eigenvalue weighted by atomic mass is 31.1. The van der Waals surface area contributed by atoms with Crippen LogP contribution < -0.4 is 0 Å². The van der Waals surface area contributed by atoms with Gasteiger partial charge in [0.05, 0.1) is 51.0 Å². The molecule has 0 saturated carbocycles. The predicted octanol–water partition coefficient (Wildman–Crippen LogP) is 2.17. The summed E-state index contributed by atoms with van der Waals surface area (Å²) in [4.78, 5) is 0. The van der Waals surface area contributed by atoms with Gasteiger partial charge in [0.1, 0.15) is 0 Å². The fourth-order valence-electron chi connectivity index (χ4n) is 1.84. The van der Waals surface area contributed by atoms with Crippen molar-refractivity contribution < 1.29 is 18.9 Å². The molecule has 2 atom stereocenters. The molecular formula is C14H31BO4P+. The lowest BCUT2D eigenvalue weighted by Crippen LogP contribution is -2.20. The maximum absolute atomic E-state index is 6.22. The van der Waals surface area contributed by atoms with E-state index >= 15 is 0 Å². The first kappa shape index (κ1) is 20.3. The molecule has 4 nitrogen and oxygen atoms in total. The van der Waals surface area contributed by atoms with Crippen LogP contribution in [0.2, 0.25) is 0 Å². The van der Waals surface area contributed by atoms with Crippen molar-refractivity contribution in [2.24, 2.45) is 0 Å². The van der Waals surface area contributed by atoms with Gasteiger partial charge in [-0.2, -0.15) is 0 Å². The van der Waals surface area contributed by atoms with Gasteiger partial charge in [-0.1, -0.05) is 0 Å². The summed E-state index contributed by atoms with van der Waals surface area (Å²) in [6.07, 6.45) is 2.28. The lowest BCUT2D eigenvalue weighted by atomic mass is 10.5. The molecule has 0 fully saturated rings. The van der Waals surface area contributed by atoms with Crippen molar-refractivity contribution in [2.45, 2.75) is 39.9 Å². The zero-order valence-electron chi connectivity index (χ0n) is 13.5. The smallest absolute Gasteiger partial charge is 0.362 e. The van der Waals surface area contributed by atoms with Crippen LogP contribution in [0.3, 0.4) is 0 Å². The average Bonchev–Trinajstić information content (AvgIpc) is 2.39. The van der Waals surface area contributed by atoms with Gasteiger partial charge in [-0.25, -0.2) is 0 Å². The van der Waals surface area contributed by atoms with Crippen LogP contribution in [0.4, 0.5) is 0 Å². The van der Waals surface area contributed by atoms with E-state index in [2.05, 4.69) is 13.8 Å². The van der Waals surface area contributed by atoms with Gasteiger partial charge in [-0.15, -0.1) is 0 Å². The Morgan fingerprint density at radius 1 is 0.800 bits per heavy atom. The second-order valence-corrected chi connectivity index (χ2v) is 6.96. The molecule has 0 bridgehead atoms. The fraction of sp³-hybridized carbons (Fsp3) is 1.00. The zero-order valence-corrected chi connectivity index (χ0v) is 14.5. The third-order valence-corrected chi connectivity index (χ3v) is 4.97. The minimum absolute atomic E-state index is 0.199. The summed E-state index contributed by atoms with van der Waals surface area (Å²) in [6.45, 7) is 12.2. The maximum atomic E-state index is 6.22. The monoisotopic (exact) mass is 305 g/mol. The van der Waals surface area contributed by atoms with Gasteiger partial charge in [0.25, 0.3) is 0 Å². The van der Waals surface area contributed by atoms with Crippen LogP contribution in [-0.2, 0) is 18.9 Å². The number of hydrogen-bond donors (Lipinski definition) is 0. The van der Waals surface area contributed by atoms with Gasteiger partial charge in [0.2, 0.25) is 0 Å². The first-order valence-corrected chi connectivity index (χ1v) is 9.58. The second-order valence-electron chi connectivity index (χ2n) is 4.82. The first-order chi connectivity index (χ1) is 9.60. The minimum Gasteiger partial charge on any atom is -0.379 e. The van der Waals surface area contributed by atoms with E-state index in [0.29, 0.717) is 26.4 Å². The Hall–Kier alpha value is 0.335. The fourth-order valence-corrected chi connectivity index (χ4v) is 3.72. The molecule has 0 saturated heterocycles. The van der Waals surface area contributed by atoms with Gasteiger partial charge in [-0.3, -0.25) is 0 Å². The molecule has 2 radical (unpaired) electrons. The molecule has 0 aliphatic heterocycles. The molecule has 0 aromatic rings. The highest BCUT2D eigenvalue weighted by molar-refractivity contribution is 7.82. The molecule has 118 valence electrons. The standard InChI is InChI=1S/C14H31BO4P/c1-5-16-7-9-18-13(3)11-20(15)12-14(4)19-10-8-17-6-2/h13-14,20H,5-12H2,1-4H3/q+1/t13-,14-/m0/s1. The van der Waals surface area contributed by atoms with Crippen molar-refractivity contribution in [3.63, 3.8) is 0 Å². The zero-order chi connectivity index (χ0) is 15.2. The van der Waals surface area contributed by atoms with E-state index in [0.717, 1.165) is 25.5 Å². The number of rotatable bonds is 14. The molecule has 0 aliphatic carbocycles. The minimum atomic E-state index is -0.904. The summed E-state index contributed by atoms with van der Waals surface area (Å²) in [5, 5.41) is 0. The van der Waals surface area contributed by atoms with Crippen molar-refractivity contribution >= 4 is 15.4 Å². The van der Waals surface area contributed by atoms with Gasteiger partial charge < -0.3 is 18.9 Å². The van der Waals surface area contributed by atoms with Crippen molar-refractivity contribution in [1.82, 2.24) is 0 Å². The van der Waals surface area contributed by atoms with E-state index in [1.165, 1.54) is 0 Å². The van der Waals surface area contributed by atoms with Crippen LogP contribution >= 0.6 is 7.80 Å². The van der Waals surface area contributed by atoms with Crippen LogP contribution in [-0.4, -0.2) is 71.7 Å². The summed E-state index contributed by atoms with van der Waals surface area (Å²) in [5.41, 5.74) is 0. The Bertz CT molecular complexity index is 190. The van der Waals surface area contributed by atoms with Gasteiger partial charge in [0, 0.05) is 13.2 Å². The molecule has 0 amide bonds. The SMILES string of the molecule is [B][PH+](C[C@H](C)OCCOCC)C[C@H](C)OCCOCC. The average molecular weight is 305 g/mol. The van der Waals surface area contributed by atoms with Crippen molar-refractivity contribution in [3.8, 4) is 0 Å². The molecule has 0 heterocycles. The Morgan fingerprint density at radius 3 is 1.55 bits per heavy atom. The third kappa shape index (κ3) is 13.3. The molecule has 0 rings (SSSR count). The molecule has 0 spiro atoms. The van der Waals surface area contributed by atoms with Crippen molar-refractivity contribution in [2.75, 3.05) is 52.0 Å². The lowest BCUT2D eigenvalue weighted by molar-refractivity contribution is 0.0222. The third-order valence-electron chi connectivity index (χ3n) is 2.77. The normalized spacial score (nSPS) is 14.7. The van der Waals surface area contributed by atoms with Crippen LogP contribution in [0.15, 0.2) is 0 Å². The molecule has 0 N–H and O–H groups in total. The van der Waals surface area contributed by atoms with E-state index < -0.39 is 7.80 Å². The van der Waals surface area contributed by atoms with Crippen molar-refractivity contribution in [1.29, 1.82) is 0 Å². The van der Waals surface area contributed by atoms with Gasteiger partial charge in [-0.05, 0) is 35.5 Å². The number of hydrogen-bond acceptors (Lipinski definition) is 4. The van der Waals surface area contributed by atoms with Gasteiger partial charge in [0.15, 0.2) is 0 Å². The van der Waals surface area contributed by atoms with Crippen molar-refractivity contribution in [3.05, 3.63) is 0 Å². The molecule has 0 aliphatic rings. The van der Waals surface area contributed by atoms with Crippen LogP contribution in [0, 0.1) is 0 Å². The maximum Gasteiger partial charge on any atom is 0.362 e. The lowest BCUT2D eigenvalue weighted by Gasteiger charge is -2.17. The second kappa shape index (κ2) is 14.3. The Morgan fingerprint density at radius 2 is 1.20 bits per heavy atom. The van der Waals surface area contributed by atoms with E-state index in [1.54, 1.807) is 0 Å². The molecule has 0 aromatic carbocycles. The molecule has 6 heteroatoms. The molecule has 20 heavy (non-hydrogen) atoms. The highest BCUT2D eigenvalue weighted by Crippen LogP contribution is 2.32. The van der Waals surface area contributed by atoms with E-state index in [-0.39, 0.29) is 12.2 Å². The largest absolute Gasteiger partial charge is 0.379 e. The predicted molar refractivity (Wildman–Crippen MR) is 87.6 cm³/mol. The van der Waals surface area contributed by atoms with Crippen LogP contribution in [0.25, 0.3) is 0 Å². The van der Waals surface area contributed by atoms with Crippen LogP contribution in [0.5, 0.6) is 0 Å². The highest BCUT2D eigenvalue weighted by Gasteiger charge is 2.18. The van der Waals surface area contributed by atoms with E-state index in [4.69, 9.17) is 26.5 Å². The summed E-state index contributed by atoms with van der Waals surface area (Å²) in [5.74, 6) is 0. The van der Waals surface area contributed by atoms with Crippen LogP contribution in [0.1, 0.15) is 27.7 Å². The Labute approximate surface area is 127 Å². The number of ether oxygens (including phenoxy) is 4. The Balaban J connectivity index is 3.56. The van der Waals surface area contributed by atoms with E-state index in [1.807, 2.05) is 13.8 Å². The summed E-state index contributed by atoms with van der Waals surface area (Å²) < 4.78 is 21.8. The summed E-state index contributed by atoms with van der Waals surface area (Å²) in [6, 6.07) is 0. The van der Waals surface area contributed by atoms with E-state index in [9.17, 15) is 0 Å². The topological polar surface area (TPSA) is 36.9 Å². The Kier molecular flexibility index (Phi) is 14.5. The molecule has 0 unspecified atom stereocenters. The summed E-state index contributed by atoms with van der Waals surface area (Å²) in [7, 11) is 5.31. The quantitative estimate of drug-likeness (QED) is 0.280. The molecular weight excluding hydrogens is 274 g/mol.